The number of carbonyl (C=O) groups excluding carboxylic acids is 2. The lowest BCUT2D eigenvalue weighted by molar-refractivity contribution is -0.168. The molecule has 1 aliphatic heterocycles. The molecule has 2 aromatic rings. The SMILES string of the molecule is N[C@@H](Cc1ccc(O)cc1)C(=O)C(OC1CCNCC1)C(=O)OCc1ccccc1. The Morgan fingerprint density at radius 1 is 1.03 bits per heavy atom. The number of rotatable bonds is 9. The van der Waals surface area contributed by atoms with Gasteiger partial charge in [-0.15, -0.1) is 0 Å². The smallest absolute Gasteiger partial charge is 0.343 e. The molecular weight excluding hydrogens is 384 g/mol. The van der Waals surface area contributed by atoms with Gasteiger partial charge in [0.15, 0.2) is 5.78 Å². The summed E-state index contributed by atoms with van der Waals surface area (Å²) < 4.78 is 11.3. The number of nitrogens with two attached hydrogens (primary N) is 1. The van der Waals surface area contributed by atoms with Crippen LogP contribution in [0.3, 0.4) is 0 Å². The molecule has 2 atom stereocenters. The third-order valence-corrected chi connectivity index (χ3v) is 5.07. The molecule has 0 aliphatic carbocycles. The second kappa shape index (κ2) is 10.9. The van der Waals surface area contributed by atoms with E-state index in [9.17, 15) is 14.7 Å². The van der Waals surface area contributed by atoms with Crippen LogP contribution < -0.4 is 11.1 Å². The highest BCUT2D eigenvalue weighted by atomic mass is 16.6. The van der Waals surface area contributed by atoms with Crippen molar-refractivity contribution < 1.29 is 24.2 Å². The molecule has 2 aromatic carbocycles. The van der Waals surface area contributed by atoms with E-state index in [1.807, 2.05) is 30.3 Å². The maximum absolute atomic E-state index is 13.0. The van der Waals surface area contributed by atoms with Crippen molar-refractivity contribution >= 4 is 11.8 Å². The second-order valence-electron chi connectivity index (χ2n) is 7.44. The van der Waals surface area contributed by atoms with Crippen LogP contribution in [0.15, 0.2) is 54.6 Å². The average Bonchev–Trinajstić information content (AvgIpc) is 2.78. The largest absolute Gasteiger partial charge is 0.508 e. The summed E-state index contributed by atoms with van der Waals surface area (Å²) in [7, 11) is 0. The van der Waals surface area contributed by atoms with Crippen molar-refractivity contribution in [1.82, 2.24) is 5.32 Å². The number of piperidine rings is 1. The summed E-state index contributed by atoms with van der Waals surface area (Å²) in [5.41, 5.74) is 7.74. The van der Waals surface area contributed by atoms with Gasteiger partial charge in [-0.1, -0.05) is 42.5 Å². The van der Waals surface area contributed by atoms with Crippen LogP contribution in [0.5, 0.6) is 5.75 Å². The Kier molecular flexibility index (Phi) is 7.96. The van der Waals surface area contributed by atoms with Crippen molar-refractivity contribution in [2.75, 3.05) is 13.1 Å². The molecule has 1 aliphatic rings. The highest BCUT2D eigenvalue weighted by Gasteiger charge is 2.35. The zero-order valence-electron chi connectivity index (χ0n) is 16.8. The number of hydrogen-bond acceptors (Lipinski definition) is 7. The highest BCUT2D eigenvalue weighted by Crippen LogP contribution is 2.16. The summed E-state index contributed by atoms with van der Waals surface area (Å²) in [4.78, 5) is 25.8. The molecule has 1 fully saturated rings. The molecule has 3 rings (SSSR count). The molecule has 0 aromatic heterocycles. The van der Waals surface area contributed by atoms with Crippen LogP contribution in [-0.2, 0) is 32.1 Å². The van der Waals surface area contributed by atoms with Crippen molar-refractivity contribution in [2.45, 2.75) is 44.1 Å². The first-order valence-corrected chi connectivity index (χ1v) is 10.2. The van der Waals surface area contributed by atoms with Gasteiger partial charge in [0.05, 0.1) is 12.1 Å². The number of Topliss-reactive ketones (excluding diaryl/α,β-unsaturated/α-hetero) is 1. The Hall–Kier alpha value is -2.74. The fourth-order valence-corrected chi connectivity index (χ4v) is 3.35. The monoisotopic (exact) mass is 412 g/mol. The molecule has 0 amide bonds. The maximum Gasteiger partial charge on any atom is 0.343 e. The van der Waals surface area contributed by atoms with E-state index in [4.69, 9.17) is 15.2 Å². The minimum absolute atomic E-state index is 0.0617. The molecule has 0 saturated carbocycles. The fourth-order valence-electron chi connectivity index (χ4n) is 3.35. The molecular formula is C23H28N2O5. The summed E-state index contributed by atoms with van der Waals surface area (Å²) in [5, 5.41) is 12.6. The van der Waals surface area contributed by atoms with Crippen molar-refractivity contribution in [3.8, 4) is 5.75 Å². The van der Waals surface area contributed by atoms with Gasteiger partial charge in [0.1, 0.15) is 12.4 Å². The summed E-state index contributed by atoms with van der Waals surface area (Å²) >= 11 is 0. The molecule has 1 heterocycles. The maximum atomic E-state index is 13.0. The third kappa shape index (κ3) is 6.38. The predicted octanol–water partition coefficient (Wildman–Crippen LogP) is 1.71. The summed E-state index contributed by atoms with van der Waals surface area (Å²) in [6.45, 7) is 1.60. The molecule has 1 saturated heterocycles. The van der Waals surface area contributed by atoms with Crippen LogP contribution in [0.2, 0.25) is 0 Å². The second-order valence-corrected chi connectivity index (χ2v) is 7.44. The average molecular weight is 412 g/mol. The van der Waals surface area contributed by atoms with Crippen molar-refractivity contribution in [1.29, 1.82) is 0 Å². The van der Waals surface area contributed by atoms with Crippen molar-refractivity contribution in [2.24, 2.45) is 5.73 Å². The lowest BCUT2D eigenvalue weighted by Gasteiger charge is -2.27. The van der Waals surface area contributed by atoms with Crippen LogP contribution >= 0.6 is 0 Å². The van der Waals surface area contributed by atoms with E-state index in [0.717, 1.165) is 24.2 Å². The van der Waals surface area contributed by atoms with Gasteiger partial charge in [-0.3, -0.25) is 4.79 Å². The normalized spacial score (nSPS) is 16.6. The Balaban J connectivity index is 1.67. The lowest BCUT2D eigenvalue weighted by atomic mass is 9.99. The number of hydrogen-bond donors (Lipinski definition) is 3. The van der Waals surface area contributed by atoms with Crippen LogP contribution in [0, 0.1) is 0 Å². The zero-order valence-corrected chi connectivity index (χ0v) is 16.8. The zero-order chi connectivity index (χ0) is 21.3. The Bertz CT molecular complexity index is 819. The van der Waals surface area contributed by atoms with Gasteiger partial charge < -0.3 is 25.6 Å². The van der Waals surface area contributed by atoms with E-state index in [-0.39, 0.29) is 24.9 Å². The van der Waals surface area contributed by atoms with E-state index in [0.29, 0.717) is 12.8 Å². The first-order chi connectivity index (χ1) is 14.5. The number of ether oxygens (including phenoxy) is 2. The Morgan fingerprint density at radius 3 is 2.37 bits per heavy atom. The molecule has 160 valence electrons. The van der Waals surface area contributed by atoms with Gasteiger partial charge in [-0.05, 0) is 55.6 Å². The summed E-state index contributed by atoms with van der Waals surface area (Å²) in [5.74, 6) is -1.08. The number of ketones is 1. The number of esters is 1. The van der Waals surface area contributed by atoms with E-state index in [1.54, 1.807) is 12.1 Å². The predicted molar refractivity (Wildman–Crippen MR) is 112 cm³/mol. The van der Waals surface area contributed by atoms with Crippen molar-refractivity contribution in [3.63, 3.8) is 0 Å². The Morgan fingerprint density at radius 2 is 1.70 bits per heavy atom. The fraction of sp³-hybridized carbons (Fsp3) is 0.391. The molecule has 0 spiro atoms. The highest BCUT2D eigenvalue weighted by molar-refractivity contribution is 6.04. The van der Waals surface area contributed by atoms with Gasteiger partial charge >= 0.3 is 5.97 Å². The first-order valence-electron chi connectivity index (χ1n) is 10.2. The van der Waals surface area contributed by atoms with Gasteiger partial charge in [-0.2, -0.15) is 0 Å². The molecule has 7 nitrogen and oxygen atoms in total. The quantitative estimate of drug-likeness (QED) is 0.425. The molecule has 1 unspecified atom stereocenters. The molecule has 7 heteroatoms. The minimum Gasteiger partial charge on any atom is -0.508 e. The Labute approximate surface area is 176 Å². The van der Waals surface area contributed by atoms with Crippen LogP contribution in [-0.4, -0.2) is 48.2 Å². The molecule has 30 heavy (non-hydrogen) atoms. The van der Waals surface area contributed by atoms with Gasteiger partial charge in [0, 0.05) is 0 Å². The molecule has 4 N–H and O–H groups in total. The van der Waals surface area contributed by atoms with E-state index < -0.39 is 23.9 Å². The third-order valence-electron chi connectivity index (χ3n) is 5.07. The molecule has 0 bridgehead atoms. The van der Waals surface area contributed by atoms with E-state index in [1.165, 1.54) is 12.1 Å². The van der Waals surface area contributed by atoms with Crippen molar-refractivity contribution in [3.05, 3.63) is 65.7 Å². The van der Waals surface area contributed by atoms with Gasteiger partial charge in [0.2, 0.25) is 6.10 Å². The van der Waals surface area contributed by atoms with Gasteiger partial charge in [-0.25, -0.2) is 4.79 Å². The minimum atomic E-state index is -1.36. The van der Waals surface area contributed by atoms with E-state index >= 15 is 0 Å². The number of aromatic hydroxyl groups is 1. The number of carbonyl (C=O) groups is 2. The standard InChI is InChI=1S/C23H28N2O5/c24-20(14-16-6-8-18(26)9-7-16)21(27)22(30-19-10-12-25-13-11-19)23(28)29-15-17-4-2-1-3-5-17/h1-9,19-20,22,25-26H,10-15,24H2/t20-,22?/m0/s1. The van der Waals surface area contributed by atoms with Crippen LogP contribution in [0.25, 0.3) is 0 Å². The summed E-state index contributed by atoms with van der Waals surface area (Å²) in [6, 6.07) is 14.8. The molecule has 0 radical (unpaired) electrons. The number of phenols is 1. The number of benzene rings is 2. The topological polar surface area (TPSA) is 111 Å². The number of phenolic OH excluding ortho intramolecular Hbond substituents is 1. The van der Waals surface area contributed by atoms with Crippen LogP contribution in [0.4, 0.5) is 0 Å². The van der Waals surface area contributed by atoms with E-state index in [2.05, 4.69) is 5.32 Å². The van der Waals surface area contributed by atoms with Gasteiger partial charge in [0.25, 0.3) is 0 Å². The lowest BCUT2D eigenvalue weighted by Crippen LogP contribution is -2.48. The summed E-state index contributed by atoms with van der Waals surface area (Å²) in [6.07, 6.45) is 0.0949. The van der Waals surface area contributed by atoms with Crippen LogP contribution in [0.1, 0.15) is 24.0 Å². The number of nitrogens with one attached hydrogen (secondary N) is 1. The first kappa shape index (κ1) is 22.0.